The van der Waals surface area contributed by atoms with Gasteiger partial charge in [-0.05, 0) is 37.1 Å². The van der Waals surface area contributed by atoms with Crippen LogP contribution in [0.1, 0.15) is 28.4 Å². The van der Waals surface area contributed by atoms with E-state index in [9.17, 15) is 4.79 Å². The maximum absolute atomic E-state index is 11.2. The minimum absolute atomic E-state index is 0.123. The molecule has 0 saturated carbocycles. The second-order valence-electron chi connectivity index (χ2n) is 3.44. The Hall–Kier alpha value is -1.31. The average molecular weight is 176 g/mol. The first kappa shape index (κ1) is 8.30. The maximum Gasteiger partial charge on any atom is 0.159 e. The van der Waals surface area contributed by atoms with Gasteiger partial charge < -0.3 is 4.74 Å². The molecule has 0 unspecified atom stereocenters. The molecule has 0 N–H and O–H groups in total. The maximum atomic E-state index is 11.2. The van der Waals surface area contributed by atoms with E-state index in [-0.39, 0.29) is 5.78 Å². The molecular formula is C11H12O2. The van der Waals surface area contributed by atoms with Crippen LogP contribution in [-0.4, -0.2) is 12.4 Å². The molecule has 0 atom stereocenters. The fourth-order valence-corrected chi connectivity index (χ4v) is 1.71. The van der Waals surface area contributed by atoms with E-state index in [1.54, 1.807) is 6.92 Å². The largest absolute Gasteiger partial charge is 0.493 e. The zero-order chi connectivity index (χ0) is 9.42. The quantitative estimate of drug-likeness (QED) is 0.613. The third-order valence-corrected chi connectivity index (χ3v) is 2.38. The lowest BCUT2D eigenvalue weighted by Crippen LogP contribution is -1.94. The van der Waals surface area contributed by atoms with Crippen LogP contribution in [0.2, 0.25) is 0 Å². The number of hydrogen-bond donors (Lipinski definition) is 0. The summed E-state index contributed by atoms with van der Waals surface area (Å²) < 4.78 is 5.45. The van der Waals surface area contributed by atoms with E-state index >= 15 is 0 Å². The Morgan fingerprint density at radius 3 is 2.92 bits per heavy atom. The molecule has 0 aliphatic carbocycles. The van der Waals surface area contributed by atoms with E-state index in [0.717, 1.165) is 29.9 Å². The molecule has 1 aliphatic heterocycles. The van der Waals surface area contributed by atoms with Crippen molar-refractivity contribution in [3.8, 4) is 5.75 Å². The van der Waals surface area contributed by atoms with Crippen molar-refractivity contribution in [2.75, 3.05) is 6.61 Å². The Kier molecular flexibility index (Phi) is 1.83. The fraction of sp³-hybridized carbons (Fsp3) is 0.364. The second-order valence-corrected chi connectivity index (χ2v) is 3.44. The van der Waals surface area contributed by atoms with Gasteiger partial charge in [-0.15, -0.1) is 0 Å². The topological polar surface area (TPSA) is 26.3 Å². The van der Waals surface area contributed by atoms with Crippen molar-refractivity contribution in [2.45, 2.75) is 20.3 Å². The van der Waals surface area contributed by atoms with E-state index in [1.165, 1.54) is 5.56 Å². The number of benzene rings is 1. The molecule has 0 radical (unpaired) electrons. The summed E-state index contributed by atoms with van der Waals surface area (Å²) in [5.41, 5.74) is 3.03. The summed E-state index contributed by atoms with van der Waals surface area (Å²) in [5.74, 6) is 1.10. The SMILES string of the molecule is CC(=O)c1cc(C)c2c(c1)CCO2. The first-order valence-electron chi connectivity index (χ1n) is 4.46. The molecule has 0 amide bonds. The molecule has 0 spiro atoms. The third kappa shape index (κ3) is 1.32. The van der Waals surface area contributed by atoms with Crippen LogP contribution in [0, 0.1) is 6.92 Å². The smallest absolute Gasteiger partial charge is 0.159 e. The summed E-state index contributed by atoms with van der Waals surface area (Å²) in [6.07, 6.45) is 0.928. The van der Waals surface area contributed by atoms with Gasteiger partial charge >= 0.3 is 0 Å². The van der Waals surface area contributed by atoms with Gasteiger partial charge in [0.2, 0.25) is 0 Å². The summed E-state index contributed by atoms with van der Waals surface area (Å²) in [6, 6.07) is 3.84. The normalized spacial score (nSPS) is 13.7. The summed E-state index contributed by atoms with van der Waals surface area (Å²) >= 11 is 0. The van der Waals surface area contributed by atoms with E-state index < -0.39 is 0 Å². The lowest BCUT2D eigenvalue weighted by Gasteiger charge is -2.05. The highest BCUT2D eigenvalue weighted by Gasteiger charge is 2.16. The molecule has 1 aromatic rings. The predicted octanol–water partition coefficient (Wildman–Crippen LogP) is 2.13. The zero-order valence-electron chi connectivity index (χ0n) is 7.89. The van der Waals surface area contributed by atoms with Crippen LogP contribution < -0.4 is 4.74 Å². The molecule has 1 heterocycles. The number of aryl methyl sites for hydroxylation is 1. The lowest BCUT2D eigenvalue weighted by atomic mass is 10.0. The number of hydrogen-bond acceptors (Lipinski definition) is 2. The van der Waals surface area contributed by atoms with E-state index in [2.05, 4.69) is 0 Å². The number of ketones is 1. The van der Waals surface area contributed by atoms with E-state index in [4.69, 9.17) is 4.74 Å². The van der Waals surface area contributed by atoms with Crippen LogP contribution >= 0.6 is 0 Å². The van der Waals surface area contributed by atoms with Crippen LogP contribution in [0.3, 0.4) is 0 Å². The molecule has 1 aliphatic rings. The molecule has 0 saturated heterocycles. The van der Waals surface area contributed by atoms with Gasteiger partial charge in [0.25, 0.3) is 0 Å². The van der Waals surface area contributed by atoms with Gasteiger partial charge in [-0.2, -0.15) is 0 Å². The Balaban J connectivity index is 2.55. The van der Waals surface area contributed by atoms with Crippen molar-refractivity contribution < 1.29 is 9.53 Å². The summed E-state index contributed by atoms with van der Waals surface area (Å²) in [5, 5.41) is 0. The van der Waals surface area contributed by atoms with Crippen molar-refractivity contribution in [3.63, 3.8) is 0 Å². The standard InChI is InChI=1S/C11H12O2/c1-7-5-10(8(2)12)6-9-3-4-13-11(7)9/h5-6H,3-4H2,1-2H3. The first-order valence-corrected chi connectivity index (χ1v) is 4.46. The van der Waals surface area contributed by atoms with Crippen molar-refractivity contribution in [2.24, 2.45) is 0 Å². The van der Waals surface area contributed by atoms with Gasteiger partial charge in [-0.1, -0.05) is 0 Å². The molecule has 0 bridgehead atoms. The number of carbonyl (C=O) groups is 1. The number of fused-ring (bicyclic) bond motifs is 1. The molecule has 0 aromatic heterocycles. The Bertz CT molecular complexity index is 367. The summed E-state index contributed by atoms with van der Waals surface area (Å²) in [7, 11) is 0. The number of carbonyl (C=O) groups excluding carboxylic acids is 1. The monoisotopic (exact) mass is 176 g/mol. The Labute approximate surface area is 77.5 Å². The number of Topliss-reactive ketones (excluding diaryl/α,β-unsaturated/α-hetero) is 1. The highest BCUT2D eigenvalue weighted by molar-refractivity contribution is 5.94. The third-order valence-electron chi connectivity index (χ3n) is 2.38. The van der Waals surface area contributed by atoms with E-state index in [0.29, 0.717) is 0 Å². The van der Waals surface area contributed by atoms with Crippen LogP contribution in [-0.2, 0) is 6.42 Å². The van der Waals surface area contributed by atoms with Crippen LogP contribution in [0.25, 0.3) is 0 Å². The number of ether oxygens (including phenoxy) is 1. The Morgan fingerprint density at radius 1 is 1.46 bits per heavy atom. The molecule has 1 aromatic carbocycles. The summed E-state index contributed by atoms with van der Waals surface area (Å²) in [4.78, 5) is 11.2. The summed E-state index contributed by atoms with van der Waals surface area (Å²) in [6.45, 7) is 4.32. The molecule has 2 nitrogen and oxygen atoms in total. The van der Waals surface area contributed by atoms with Crippen molar-refractivity contribution in [1.82, 2.24) is 0 Å². The van der Waals surface area contributed by atoms with E-state index in [1.807, 2.05) is 19.1 Å². The molecule has 68 valence electrons. The molecular weight excluding hydrogens is 164 g/mol. The van der Waals surface area contributed by atoms with Gasteiger partial charge in [0.05, 0.1) is 6.61 Å². The highest BCUT2D eigenvalue weighted by atomic mass is 16.5. The molecule has 2 rings (SSSR count). The highest BCUT2D eigenvalue weighted by Crippen LogP contribution is 2.30. The number of rotatable bonds is 1. The van der Waals surface area contributed by atoms with Crippen molar-refractivity contribution in [3.05, 3.63) is 28.8 Å². The lowest BCUT2D eigenvalue weighted by molar-refractivity contribution is 0.101. The van der Waals surface area contributed by atoms with Gasteiger partial charge in [0, 0.05) is 12.0 Å². The molecule has 2 heteroatoms. The van der Waals surface area contributed by atoms with Gasteiger partial charge in [0.1, 0.15) is 5.75 Å². The van der Waals surface area contributed by atoms with Crippen LogP contribution in [0.4, 0.5) is 0 Å². The minimum Gasteiger partial charge on any atom is -0.493 e. The molecule has 13 heavy (non-hydrogen) atoms. The van der Waals surface area contributed by atoms with Gasteiger partial charge in [-0.25, -0.2) is 0 Å². The minimum atomic E-state index is 0.123. The van der Waals surface area contributed by atoms with Gasteiger partial charge in [-0.3, -0.25) is 4.79 Å². The predicted molar refractivity (Wildman–Crippen MR) is 50.4 cm³/mol. The van der Waals surface area contributed by atoms with Crippen molar-refractivity contribution in [1.29, 1.82) is 0 Å². The Morgan fingerprint density at radius 2 is 2.23 bits per heavy atom. The average Bonchev–Trinajstić information content (AvgIpc) is 2.51. The van der Waals surface area contributed by atoms with Crippen LogP contribution in [0.15, 0.2) is 12.1 Å². The molecule has 0 fully saturated rings. The zero-order valence-corrected chi connectivity index (χ0v) is 7.89. The first-order chi connectivity index (χ1) is 6.18. The van der Waals surface area contributed by atoms with Crippen LogP contribution in [0.5, 0.6) is 5.75 Å². The second kappa shape index (κ2) is 2.87. The van der Waals surface area contributed by atoms with Gasteiger partial charge in [0.15, 0.2) is 5.78 Å². The fourth-order valence-electron chi connectivity index (χ4n) is 1.71. The van der Waals surface area contributed by atoms with Crippen molar-refractivity contribution >= 4 is 5.78 Å².